The predicted octanol–water partition coefficient (Wildman–Crippen LogP) is 0.805. The number of hydrogen-bond acceptors (Lipinski definition) is 11. The van der Waals surface area contributed by atoms with E-state index in [1.54, 1.807) is 13.8 Å². The summed E-state index contributed by atoms with van der Waals surface area (Å²) in [5, 5.41) is 27.3. The lowest BCUT2D eigenvalue weighted by Crippen LogP contribution is -2.47. The van der Waals surface area contributed by atoms with E-state index in [1.807, 2.05) is 27.7 Å². The van der Waals surface area contributed by atoms with Gasteiger partial charge in [-0.2, -0.15) is 0 Å². The topological polar surface area (TPSA) is 208 Å². The number of aliphatic hydroxyl groups is 2. The third-order valence-electron chi connectivity index (χ3n) is 6.49. The number of aromatic amines is 1. The third kappa shape index (κ3) is 9.56. The molecular weight excluding hydrogens is 575 g/mol. The molecule has 2 heterocycles. The lowest BCUT2D eigenvalue weighted by Gasteiger charge is -2.30. The summed E-state index contributed by atoms with van der Waals surface area (Å²) >= 11 is 0. The fourth-order valence-corrected chi connectivity index (χ4v) is 6.34. The van der Waals surface area contributed by atoms with E-state index >= 15 is 0 Å². The van der Waals surface area contributed by atoms with Crippen LogP contribution in [0.3, 0.4) is 0 Å². The molecule has 0 aliphatic carbocycles. The zero-order valence-corrected chi connectivity index (χ0v) is 26.1. The Morgan fingerprint density at radius 1 is 1.07 bits per heavy atom. The highest BCUT2D eigenvalue weighted by Crippen LogP contribution is 2.44. The average Bonchev–Trinajstić information content (AvgIpc) is 3.10. The Hall–Kier alpha value is -2.39. The largest absolute Gasteiger partial charge is 0.465 e. The van der Waals surface area contributed by atoms with Crippen LogP contribution >= 0.6 is 7.67 Å². The van der Waals surface area contributed by atoms with Crippen LogP contribution in [0.25, 0.3) is 0 Å². The van der Waals surface area contributed by atoms with E-state index in [2.05, 4.69) is 15.2 Å². The first kappa shape index (κ1) is 35.8. The fourth-order valence-electron chi connectivity index (χ4n) is 4.52. The van der Waals surface area contributed by atoms with Crippen molar-refractivity contribution >= 4 is 19.6 Å². The van der Waals surface area contributed by atoms with Gasteiger partial charge in [-0.3, -0.25) is 28.5 Å². The zero-order valence-electron chi connectivity index (χ0n) is 25.2. The van der Waals surface area contributed by atoms with Crippen molar-refractivity contribution in [3.05, 3.63) is 33.1 Å². The molecule has 15 nitrogen and oxygen atoms in total. The number of aliphatic hydroxyl groups excluding tert-OH is 1. The molecule has 1 aromatic heterocycles. The molecule has 6 atom stereocenters. The van der Waals surface area contributed by atoms with Crippen molar-refractivity contribution in [1.82, 2.24) is 19.7 Å². The van der Waals surface area contributed by atoms with E-state index in [0.717, 1.165) is 16.8 Å². The Bertz CT molecular complexity index is 1180. The Labute approximate surface area is 244 Å². The van der Waals surface area contributed by atoms with Gasteiger partial charge in [0.15, 0.2) is 6.23 Å². The van der Waals surface area contributed by atoms with Gasteiger partial charge < -0.3 is 28.9 Å². The van der Waals surface area contributed by atoms with Crippen molar-refractivity contribution in [3.8, 4) is 0 Å². The molecule has 0 radical (unpaired) electrons. The number of carbonyl (C=O) groups is 2. The number of carbonyl (C=O) groups excluding carboxylic acids is 2. The van der Waals surface area contributed by atoms with Gasteiger partial charge >= 0.3 is 25.3 Å². The number of ether oxygens (including phenoxy) is 3. The summed E-state index contributed by atoms with van der Waals surface area (Å²) in [5.41, 5.74) is -3.58. The summed E-state index contributed by atoms with van der Waals surface area (Å²) < 4.78 is 37.1. The molecule has 0 bridgehead atoms. The van der Waals surface area contributed by atoms with Crippen molar-refractivity contribution < 1.29 is 43.1 Å². The van der Waals surface area contributed by atoms with E-state index < -0.39 is 73.6 Å². The first-order valence-electron chi connectivity index (χ1n) is 14.0. The first-order valence-corrected chi connectivity index (χ1v) is 15.7. The van der Waals surface area contributed by atoms with Crippen LogP contribution in [0, 0.1) is 11.8 Å². The molecule has 0 amide bonds. The molecule has 1 fully saturated rings. The molecule has 5 N–H and O–H groups in total. The highest BCUT2D eigenvalue weighted by atomic mass is 31.2. The second-order valence-corrected chi connectivity index (χ2v) is 13.1. The van der Waals surface area contributed by atoms with Crippen LogP contribution < -0.4 is 21.4 Å². The van der Waals surface area contributed by atoms with E-state index in [0.29, 0.717) is 0 Å². The van der Waals surface area contributed by atoms with Gasteiger partial charge in [0.25, 0.3) is 5.56 Å². The Morgan fingerprint density at radius 2 is 1.57 bits per heavy atom. The van der Waals surface area contributed by atoms with Gasteiger partial charge in [-0.25, -0.2) is 15.0 Å². The number of aromatic nitrogens is 2. The molecule has 2 rings (SSSR count). The minimum absolute atomic E-state index is 0.0247. The van der Waals surface area contributed by atoms with Gasteiger partial charge in [-0.1, -0.05) is 27.7 Å². The number of hydrogen-bond donors (Lipinski definition) is 5. The van der Waals surface area contributed by atoms with Crippen molar-refractivity contribution in [1.29, 1.82) is 0 Å². The van der Waals surface area contributed by atoms with Gasteiger partial charge in [0.2, 0.25) is 0 Å². The number of esters is 2. The monoisotopic (exact) mass is 620 g/mol. The number of nitrogens with one attached hydrogen (secondary N) is 3. The average molecular weight is 621 g/mol. The zero-order chi connectivity index (χ0) is 31.8. The Balaban J connectivity index is 2.41. The highest BCUT2D eigenvalue weighted by molar-refractivity contribution is 7.54. The Kier molecular flexibility index (Phi) is 13.1. The minimum atomic E-state index is -4.32. The van der Waals surface area contributed by atoms with E-state index in [9.17, 15) is 34.0 Å². The maximum Gasteiger partial charge on any atom is 0.342 e. The summed E-state index contributed by atoms with van der Waals surface area (Å²) in [5.74, 6) is -1.40. The minimum Gasteiger partial charge on any atom is -0.465 e. The second kappa shape index (κ2) is 15.4. The van der Waals surface area contributed by atoms with E-state index in [1.165, 1.54) is 6.92 Å². The van der Waals surface area contributed by atoms with Gasteiger partial charge in [0.1, 0.15) is 29.9 Å². The molecule has 1 aromatic rings. The standard InChI is InChI=1S/C26H45N4O11P/c1-8-38-22(33)17(12-15(3)4)28-42(37,29-18(13-16(5)6)23(34)39-9-2)40-14-19-21(32)26(7,36)24(41-19)30-11-10-20(31)27-25(30)35/h10-11,15-19,21,24,32,36H,8-9,12-14H2,1-7H3,(H,27,31,35)(H2,28,29,37)/t17-,18-,19+,21?,24+,26-/m0/s1. The third-order valence-corrected chi connectivity index (χ3v) is 8.30. The second-order valence-electron chi connectivity index (χ2n) is 11.2. The Morgan fingerprint density at radius 3 is 2.00 bits per heavy atom. The molecule has 1 saturated heterocycles. The quantitative estimate of drug-likeness (QED) is 0.128. The van der Waals surface area contributed by atoms with Gasteiger partial charge in [0.05, 0.1) is 19.8 Å². The van der Waals surface area contributed by atoms with Crippen molar-refractivity contribution in [2.45, 2.75) is 97.4 Å². The van der Waals surface area contributed by atoms with E-state index in [-0.39, 0.29) is 37.9 Å². The van der Waals surface area contributed by atoms with E-state index in [4.69, 9.17) is 18.7 Å². The molecule has 0 aromatic carbocycles. The lowest BCUT2D eigenvalue weighted by molar-refractivity contribution is -0.146. The lowest BCUT2D eigenvalue weighted by atomic mass is 9.96. The first-order chi connectivity index (χ1) is 19.5. The van der Waals surface area contributed by atoms with Crippen LogP contribution in [0.4, 0.5) is 0 Å². The molecule has 0 saturated carbocycles. The van der Waals surface area contributed by atoms with Crippen LogP contribution in [0.2, 0.25) is 0 Å². The van der Waals surface area contributed by atoms with Gasteiger partial charge in [0, 0.05) is 12.3 Å². The van der Waals surface area contributed by atoms with Crippen LogP contribution in [0.5, 0.6) is 0 Å². The predicted molar refractivity (Wildman–Crippen MR) is 151 cm³/mol. The fraction of sp³-hybridized carbons (Fsp3) is 0.769. The van der Waals surface area contributed by atoms with Crippen LogP contribution in [-0.4, -0.2) is 81.4 Å². The molecule has 1 aliphatic heterocycles. The number of H-pyrrole nitrogens is 1. The summed E-state index contributed by atoms with van der Waals surface area (Å²) in [7, 11) is -4.32. The maximum absolute atomic E-state index is 14.3. The SMILES string of the molecule is CCOC(=O)[C@H](CC(C)C)NP(=O)(N[C@@H](CC(C)C)C(=O)OCC)OC[C@H]1O[C@@H](n2ccc(=O)[nH]c2=O)[C@@](C)(O)C1O. The van der Waals surface area contributed by atoms with Crippen LogP contribution in [0.15, 0.2) is 21.9 Å². The molecule has 1 unspecified atom stereocenters. The normalized spacial score (nSPS) is 24.1. The van der Waals surface area contributed by atoms with Crippen LogP contribution in [0.1, 0.15) is 67.5 Å². The van der Waals surface area contributed by atoms with Crippen molar-refractivity contribution in [2.75, 3.05) is 19.8 Å². The number of rotatable bonds is 16. The molecule has 42 heavy (non-hydrogen) atoms. The molecule has 1 aliphatic rings. The summed E-state index contributed by atoms with van der Waals surface area (Å²) in [6.45, 7) is 11.5. The molecule has 240 valence electrons. The summed E-state index contributed by atoms with van der Waals surface area (Å²) in [6.07, 6.45) is -2.85. The maximum atomic E-state index is 14.3. The molecule has 0 spiro atoms. The number of nitrogens with zero attached hydrogens (tertiary/aromatic N) is 1. The van der Waals surface area contributed by atoms with Crippen molar-refractivity contribution in [3.63, 3.8) is 0 Å². The van der Waals surface area contributed by atoms with Gasteiger partial charge in [-0.15, -0.1) is 0 Å². The highest BCUT2D eigenvalue weighted by Gasteiger charge is 2.54. The summed E-state index contributed by atoms with van der Waals surface area (Å²) in [6, 6.07) is -1.13. The smallest absolute Gasteiger partial charge is 0.342 e. The van der Waals surface area contributed by atoms with Crippen molar-refractivity contribution in [2.24, 2.45) is 11.8 Å². The summed E-state index contributed by atoms with van der Waals surface area (Å²) in [4.78, 5) is 51.4. The molecular formula is C26H45N4O11P. The van der Waals surface area contributed by atoms with Gasteiger partial charge in [-0.05, 0) is 45.4 Å². The molecule has 16 heteroatoms. The van der Waals surface area contributed by atoms with Crippen LogP contribution in [-0.2, 0) is 32.9 Å².